The number of nitrogens with one attached hydrogen (secondary N) is 2. The Labute approximate surface area is 98.1 Å². The second kappa shape index (κ2) is 4.82. The summed E-state index contributed by atoms with van der Waals surface area (Å²) in [6.07, 6.45) is 0.687. The fourth-order valence-electron chi connectivity index (χ4n) is 1.44. The number of aromatic amines is 1. The highest BCUT2D eigenvalue weighted by Crippen LogP contribution is 2.06. The van der Waals surface area contributed by atoms with Crippen LogP contribution in [-0.2, 0) is 13.0 Å². The Hall–Kier alpha value is -2.11. The fraction of sp³-hybridized carbons (Fsp3) is 0.364. The fourth-order valence-corrected chi connectivity index (χ4v) is 1.44. The summed E-state index contributed by atoms with van der Waals surface area (Å²) < 4.78 is 5.05. The summed E-state index contributed by atoms with van der Waals surface area (Å²) in [5.74, 6) is 1.91. The van der Waals surface area contributed by atoms with Crippen molar-refractivity contribution >= 4 is 5.82 Å². The molecule has 2 aromatic heterocycles. The summed E-state index contributed by atoms with van der Waals surface area (Å²) in [6.45, 7) is 4.25. The van der Waals surface area contributed by atoms with E-state index < -0.39 is 0 Å². The smallest absolute Gasteiger partial charge is 0.252 e. The SMILES string of the molecule is CCc1nc(NCc2cc(C)no2)cc(=O)[nH]1. The number of hydrogen-bond acceptors (Lipinski definition) is 5. The van der Waals surface area contributed by atoms with Gasteiger partial charge in [0, 0.05) is 18.6 Å². The van der Waals surface area contributed by atoms with E-state index in [1.54, 1.807) is 0 Å². The van der Waals surface area contributed by atoms with Crippen LogP contribution < -0.4 is 10.9 Å². The Morgan fingerprint density at radius 1 is 1.47 bits per heavy atom. The van der Waals surface area contributed by atoms with Gasteiger partial charge in [0.2, 0.25) is 0 Å². The average Bonchev–Trinajstić information content (AvgIpc) is 2.72. The van der Waals surface area contributed by atoms with Gasteiger partial charge in [0.15, 0.2) is 5.76 Å². The molecule has 0 atom stereocenters. The van der Waals surface area contributed by atoms with E-state index in [0.29, 0.717) is 30.4 Å². The summed E-state index contributed by atoms with van der Waals surface area (Å²) in [5, 5.41) is 6.80. The molecular formula is C11H14N4O2. The number of H-pyrrole nitrogens is 1. The van der Waals surface area contributed by atoms with Crippen LogP contribution in [0.5, 0.6) is 0 Å². The highest BCUT2D eigenvalue weighted by atomic mass is 16.5. The number of aryl methyl sites for hydroxylation is 2. The minimum absolute atomic E-state index is 0.159. The molecule has 2 aromatic rings. The molecule has 0 spiro atoms. The molecule has 0 aliphatic rings. The van der Waals surface area contributed by atoms with E-state index in [4.69, 9.17) is 4.52 Å². The molecule has 0 aliphatic carbocycles. The maximum atomic E-state index is 11.3. The lowest BCUT2D eigenvalue weighted by molar-refractivity contribution is 0.384. The van der Waals surface area contributed by atoms with Crippen molar-refractivity contribution in [3.63, 3.8) is 0 Å². The van der Waals surface area contributed by atoms with Crippen LogP contribution in [0.25, 0.3) is 0 Å². The van der Waals surface area contributed by atoms with Crippen molar-refractivity contribution in [2.45, 2.75) is 26.8 Å². The molecule has 0 aromatic carbocycles. The van der Waals surface area contributed by atoms with E-state index in [2.05, 4.69) is 20.4 Å². The molecule has 0 saturated heterocycles. The van der Waals surface area contributed by atoms with E-state index in [9.17, 15) is 4.79 Å². The van der Waals surface area contributed by atoms with Crippen LogP contribution in [0.2, 0.25) is 0 Å². The lowest BCUT2D eigenvalue weighted by Gasteiger charge is -2.03. The summed E-state index contributed by atoms with van der Waals surface area (Å²) in [6, 6.07) is 3.25. The zero-order valence-corrected chi connectivity index (χ0v) is 9.78. The van der Waals surface area contributed by atoms with Crippen molar-refractivity contribution in [3.8, 4) is 0 Å². The molecule has 0 bridgehead atoms. The van der Waals surface area contributed by atoms with Crippen LogP contribution in [0, 0.1) is 6.92 Å². The van der Waals surface area contributed by atoms with Gasteiger partial charge in [-0.25, -0.2) is 4.98 Å². The number of hydrogen-bond donors (Lipinski definition) is 2. The molecule has 6 heteroatoms. The van der Waals surface area contributed by atoms with Crippen molar-refractivity contribution in [1.82, 2.24) is 15.1 Å². The first-order valence-electron chi connectivity index (χ1n) is 5.43. The zero-order valence-electron chi connectivity index (χ0n) is 9.78. The van der Waals surface area contributed by atoms with Crippen LogP contribution in [0.4, 0.5) is 5.82 Å². The third-order valence-electron chi connectivity index (χ3n) is 2.25. The predicted molar refractivity (Wildman–Crippen MR) is 62.8 cm³/mol. The van der Waals surface area contributed by atoms with E-state index >= 15 is 0 Å². The third-order valence-corrected chi connectivity index (χ3v) is 2.25. The standard InChI is InChI=1S/C11H14N4O2/c1-3-9-13-10(5-11(16)14-9)12-6-8-4-7(2)15-17-8/h4-5H,3,6H2,1-2H3,(H2,12,13,14,16). The topological polar surface area (TPSA) is 83.8 Å². The molecule has 0 fully saturated rings. The Kier molecular flexibility index (Phi) is 3.22. The number of nitrogens with zero attached hydrogens (tertiary/aromatic N) is 2. The van der Waals surface area contributed by atoms with E-state index in [0.717, 1.165) is 5.69 Å². The largest absolute Gasteiger partial charge is 0.362 e. The molecule has 17 heavy (non-hydrogen) atoms. The van der Waals surface area contributed by atoms with E-state index in [1.165, 1.54) is 6.07 Å². The van der Waals surface area contributed by atoms with Crippen LogP contribution in [0.15, 0.2) is 21.5 Å². The van der Waals surface area contributed by atoms with Crippen LogP contribution in [0.1, 0.15) is 24.2 Å². The minimum Gasteiger partial charge on any atom is -0.362 e. The van der Waals surface area contributed by atoms with Gasteiger partial charge in [-0.05, 0) is 6.92 Å². The first-order chi connectivity index (χ1) is 8.17. The summed E-state index contributed by atoms with van der Waals surface area (Å²) in [7, 11) is 0. The van der Waals surface area contributed by atoms with Gasteiger partial charge >= 0.3 is 0 Å². The summed E-state index contributed by atoms with van der Waals surface area (Å²) in [4.78, 5) is 18.2. The maximum Gasteiger partial charge on any atom is 0.252 e. The Balaban J connectivity index is 2.08. The van der Waals surface area contributed by atoms with Gasteiger partial charge in [0.25, 0.3) is 5.56 Å². The van der Waals surface area contributed by atoms with Gasteiger partial charge in [0.1, 0.15) is 11.6 Å². The molecule has 6 nitrogen and oxygen atoms in total. The van der Waals surface area contributed by atoms with Gasteiger partial charge in [-0.2, -0.15) is 0 Å². The molecule has 2 heterocycles. The molecule has 90 valence electrons. The minimum atomic E-state index is -0.159. The number of aromatic nitrogens is 3. The highest BCUT2D eigenvalue weighted by Gasteiger charge is 2.03. The van der Waals surface area contributed by atoms with Gasteiger partial charge in [-0.1, -0.05) is 12.1 Å². The van der Waals surface area contributed by atoms with Crippen LogP contribution >= 0.6 is 0 Å². The lowest BCUT2D eigenvalue weighted by atomic mass is 10.4. The van der Waals surface area contributed by atoms with Crippen molar-refractivity contribution in [2.75, 3.05) is 5.32 Å². The predicted octanol–water partition coefficient (Wildman–Crippen LogP) is 1.24. The van der Waals surface area contributed by atoms with Gasteiger partial charge in [-0.15, -0.1) is 0 Å². The van der Waals surface area contributed by atoms with Crippen molar-refractivity contribution in [1.29, 1.82) is 0 Å². The molecule has 0 unspecified atom stereocenters. The lowest BCUT2D eigenvalue weighted by Crippen LogP contribution is -2.13. The third kappa shape index (κ3) is 2.93. The molecule has 0 radical (unpaired) electrons. The normalized spacial score (nSPS) is 10.5. The highest BCUT2D eigenvalue weighted by molar-refractivity contribution is 5.33. The van der Waals surface area contributed by atoms with Crippen LogP contribution in [-0.4, -0.2) is 15.1 Å². The van der Waals surface area contributed by atoms with Crippen LogP contribution in [0.3, 0.4) is 0 Å². The molecular weight excluding hydrogens is 220 g/mol. The molecule has 2 N–H and O–H groups in total. The molecule has 0 amide bonds. The number of anilines is 1. The van der Waals surface area contributed by atoms with E-state index in [1.807, 2.05) is 19.9 Å². The van der Waals surface area contributed by atoms with Crippen molar-refractivity contribution in [2.24, 2.45) is 0 Å². The first kappa shape index (κ1) is 11.4. The van der Waals surface area contributed by atoms with E-state index in [-0.39, 0.29) is 5.56 Å². The zero-order chi connectivity index (χ0) is 12.3. The summed E-state index contributed by atoms with van der Waals surface area (Å²) >= 11 is 0. The Morgan fingerprint density at radius 2 is 2.29 bits per heavy atom. The molecule has 0 saturated carbocycles. The Morgan fingerprint density at radius 3 is 2.94 bits per heavy atom. The second-order valence-corrected chi connectivity index (χ2v) is 3.72. The maximum absolute atomic E-state index is 11.3. The second-order valence-electron chi connectivity index (χ2n) is 3.72. The van der Waals surface area contributed by atoms with Gasteiger partial charge in [-0.3, -0.25) is 4.79 Å². The first-order valence-corrected chi connectivity index (χ1v) is 5.43. The average molecular weight is 234 g/mol. The molecule has 0 aliphatic heterocycles. The summed E-state index contributed by atoms with van der Waals surface area (Å²) in [5.41, 5.74) is 0.669. The van der Waals surface area contributed by atoms with Gasteiger partial charge in [0.05, 0.1) is 12.2 Å². The van der Waals surface area contributed by atoms with Gasteiger partial charge < -0.3 is 14.8 Å². The van der Waals surface area contributed by atoms with Crippen molar-refractivity contribution < 1.29 is 4.52 Å². The Bertz CT molecular complexity index is 559. The number of rotatable bonds is 4. The monoisotopic (exact) mass is 234 g/mol. The quantitative estimate of drug-likeness (QED) is 0.831. The molecule has 2 rings (SSSR count). The van der Waals surface area contributed by atoms with Crippen molar-refractivity contribution in [3.05, 3.63) is 39.8 Å².